The maximum absolute atomic E-state index is 5.99. The van der Waals surface area contributed by atoms with Gasteiger partial charge in [0.15, 0.2) is 0 Å². The van der Waals surface area contributed by atoms with E-state index in [0.717, 1.165) is 17.6 Å². The molecule has 0 bridgehead atoms. The molecule has 92 valence electrons. The molecule has 0 spiro atoms. The third-order valence-electron chi connectivity index (χ3n) is 3.26. The van der Waals surface area contributed by atoms with Gasteiger partial charge in [0, 0.05) is 12.6 Å². The van der Waals surface area contributed by atoms with Crippen molar-refractivity contribution < 1.29 is 0 Å². The first-order valence-corrected chi connectivity index (χ1v) is 5.88. The van der Waals surface area contributed by atoms with Gasteiger partial charge in [-0.15, -0.1) is 0 Å². The van der Waals surface area contributed by atoms with Crippen LogP contribution in [0.4, 0.5) is 5.95 Å². The lowest BCUT2D eigenvalue weighted by Gasteiger charge is -2.21. The van der Waals surface area contributed by atoms with Crippen molar-refractivity contribution in [2.45, 2.75) is 26.4 Å². The lowest BCUT2D eigenvalue weighted by atomic mass is 10.2. The topological polar surface area (TPSA) is 47.1 Å². The average molecular weight is 232 g/mol. The summed E-state index contributed by atoms with van der Waals surface area (Å²) in [6.07, 6.45) is 0. The summed E-state index contributed by atoms with van der Waals surface area (Å²) < 4.78 is 2.08. The van der Waals surface area contributed by atoms with E-state index >= 15 is 0 Å². The van der Waals surface area contributed by atoms with Gasteiger partial charge in [-0.25, -0.2) is 4.98 Å². The summed E-state index contributed by atoms with van der Waals surface area (Å²) in [5.41, 5.74) is 9.29. The molecule has 0 saturated carbocycles. The molecule has 4 nitrogen and oxygen atoms in total. The molecule has 0 fully saturated rings. The predicted molar refractivity (Wildman–Crippen MR) is 72.0 cm³/mol. The largest absolute Gasteiger partial charge is 0.369 e. The second-order valence-corrected chi connectivity index (χ2v) is 4.89. The molecule has 0 amide bonds. The van der Waals surface area contributed by atoms with Crippen molar-refractivity contribution in [2.75, 3.05) is 19.8 Å². The van der Waals surface area contributed by atoms with Crippen LogP contribution in [-0.4, -0.2) is 34.6 Å². The zero-order valence-corrected chi connectivity index (χ0v) is 10.9. The second-order valence-electron chi connectivity index (χ2n) is 4.89. The number of aromatic nitrogens is 2. The fourth-order valence-corrected chi connectivity index (χ4v) is 1.88. The number of hydrogen-bond donors (Lipinski definition) is 1. The maximum Gasteiger partial charge on any atom is 0.201 e. The number of benzene rings is 1. The highest BCUT2D eigenvalue weighted by molar-refractivity contribution is 5.79. The van der Waals surface area contributed by atoms with E-state index in [4.69, 9.17) is 5.73 Å². The van der Waals surface area contributed by atoms with Crippen molar-refractivity contribution in [3.8, 4) is 0 Å². The summed E-state index contributed by atoms with van der Waals surface area (Å²) in [5.74, 6) is 0.597. The van der Waals surface area contributed by atoms with Crippen molar-refractivity contribution >= 4 is 17.0 Å². The molecule has 1 heterocycles. The van der Waals surface area contributed by atoms with E-state index in [1.807, 2.05) is 0 Å². The molecule has 2 aromatic rings. The molecular weight excluding hydrogens is 212 g/mol. The molecule has 1 aromatic heterocycles. The van der Waals surface area contributed by atoms with Gasteiger partial charge in [0.25, 0.3) is 0 Å². The number of likely N-dealkylation sites (N-methyl/N-ethyl adjacent to an activating group) is 1. The Morgan fingerprint density at radius 2 is 2.12 bits per heavy atom. The summed E-state index contributed by atoms with van der Waals surface area (Å²) in [6, 6.07) is 6.69. The minimum atomic E-state index is 0.427. The quantitative estimate of drug-likeness (QED) is 0.879. The zero-order valence-electron chi connectivity index (χ0n) is 10.9. The van der Waals surface area contributed by atoms with Crippen LogP contribution in [0.3, 0.4) is 0 Å². The number of nitrogens with zero attached hydrogens (tertiary/aromatic N) is 3. The van der Waals surface area contributed by atoms with Crippen molar-refractivity contribution in [1.29, 1.82) is 0 Å². The average Bonchev–Trinajstić information content (AvgIpc) is 2.54. The van der Waals surface area contributed by atoms with E-state index in [2.05, 4.69) is 60.6 Å². The first-order chi connectivity index (χ1) is 7.99. The summed E-state index contributed by atoms with van der Waals surface area (Å²) in [4.78, 5) is 6.59. The van der Waals surface area contributed by atoms with Gasteiger partial charge in [0.05, 0.1) is 11.0 Å². The van der Waals surface area contributed by atoms with Crippen LogP contribution < -0.4 is 5.73 Å². The lowest BCUT2D eigenvalue weighted by molar-refractivity contribution is 0.287. The highest BCUT2D eigenvalue weighted by atomic mass is 15.2. The molecular formula is C13H20N4. The van der Waals surface area contributed by atoms with Crippen LogP contribution in [0.5, 0.6) is 0 Å². The van der Waals surface area contributed by atoms with Crippen molar-refractivity contribution in [3.63, 3.8) is 0 Å². The normalized spacial score (nSPS) is 13.5. The smallest absolute Gasteiger partial charge is 0.201 e. The Labute approximate surface area is 102 Å². The molecule has 0 aliphatic rings. The molecule has 2 rings (SSSR count). The van der Waals surface area contributed by atoms with Gasteiger partial charge in [-0.1, -0.05) is 6.07 Å². The van der Waals surface area contributed by atoms with Gasteiger partial charge in [-0.3, -0.25) is 0 Å². The minimum absolute atomic E-state index is 0.427. The van der Waals surface area contributed by atoms with Crippen molar-refractivity contribution in [2.24, 2.45) is 0 Å². The van der Waals surface area contributed by atoms with Crippen LogP contribution in [-0.2, 0) is 6.54 Å². The van der Waals surface area contributed by atoms with E-state index < -0.39 is 0 Å². The number of hydrogen-bond acceptors (Lipinski definition) is 3. The molecule has 0 radical (unpaired) electrons. The highest BCUT2D eigenvalue weighted by Crippen LogP contribution is 2.19. The summed E-state index contributed by atoms with van der Waals surface area (Å²) in [5, 5.41) is 0. The van der Waals surface area contributed by atoms with Gasteiger partial charge in [0.2, 0.25) is 5.95 Å². The number of aryl methyl sites for hydroxylation is 1. The number of nitrogen functional groups attached to an aromatic ring is 1. The minimum Gasteiger partial charge on any atom is -0.369 e. The van der Waals surface area contributed by atoms with E-state index in [9.17, 15) is 0 Å². The molecule has 0 aliphatic heterocycles. The number of fused-ring (bicyclic) bond motifs is 1. The Balaban J connectivity index is 2.43. The molecule has 0 aliphatic carbocycles. The molecule has 1 atom stereocenters. The Kier molecular flexibility index (Phi) is 3.07. The summed E-state index contributed by atoms with van der Waals surface area (Å²) >= 11 is 0. The van der Waals surface area contributed by atoms with Crippen LogP contribution in [0, 0.1) is 6.92 Å². The highest BCUT2D eigenvalue weighted by Gasteiger charge is 2.12. The van der Waals surface area contributed by atoms with Gasteiger partial charge >= 0.3 is 0 Å². The monoisotopic (exact) mass is 232 g/mol. The van der Waals surface area contributed by atoms with Crippen LogP contribution >= 0.6 is 0 Å². The third-order valence-corrected chi connectivity index (χ3v) is 3.26. The first kappa shape index (κ1) is 11.9. The van der Waals surface area contributed by atoms with Crippen LogP contribution in [0.15, 0.2) is 18.2 Å². The molecule has 17 heavy (non-hydrogen) atoms. The van der Waals surface area contributed by atoms with Crippen LogP contribution in [0.2, 0.25) is 0 Å². The summed E-state index contributed by atoms with van der Waals surface area (Å²) in [7, 11) is 4.15. The van der Waals surface area contributed by atoms with E-state index in [1.165, 1.54) is 5.56 Å². The lowest BCUT2D eigenvalue weighted by Crippen LogP contribution is -2.29. The van der Waals surface area contributed by atoms with Gasteiger partial charge < -0.3 is 15.2 Å². The third kappa shape index (κ3) is 2.26. The number of anilines is 1. The standard InChI is InChI=1S/C13H20N4/c1-9-5-6-12-11(7-9)15-13(14)17(12)8-10(2)16(3)4/h5-7,10H,8H2,1-4H3,(H2,14,15). The maximum atomic E-state index is 5.99. The molecule has 1 aromatic carbocycles. The Morgan fingerprint density at radius 1 is 1.41 bits per heavy atom. The Hall–Kier alpha value is -1.55. The molecule has 4 heteroatoms. The molecule has 1 unspecified atom stereocenters. The van der Waals surface area contributed by atoms with Gasteiger partial charge in [0.1, 0.15) is 0 Å². The van der Waals surface area contributed by atoms with E-state index in [1.54, 1.807) is 0 Å². The van der Waals surface area contributed by atoms with Crippen molar-refractivity contribution in [1.82, 2.24) is 14.5 Å². The molecule has 0 saturated heterocycles. The SMILES string of the molecule is Cc1ccc2c(c1)nc(N)n2CC(C)N(C)C. The van der Waals surface area contributed by atoms with Crippen molar-refractivity contribution in [3.05, 3.63) is 23.8 Å². The second kappa shape index (κ2) is 4.37. The van der Waals surface area contributed by atoms with Gasteiger partial charge in [-0.2, -0.15) is 0 Å². The van der Waals surface area contributed by atoms with Gasteiger partial charge in [-0.05, 0) is 45.6 Å². The first-order valence-electron chi connectivity index (χ1n) is 5.88. The predicted octanol–water partition coefficient (Wildman–Crippen LogP) is 1.88. The number of rotatable bonds is 3. The van der Waals surface area contributed by atoms with Crippen LogP contribution in [0.25, 0.3) is 11.0 Å². The Morgan fingerprint density at radius 3 is 2.76 bits per heavy atom. The molecule has 2 N–H and O–H groups in total. The van der Waals surface area contributed by atoms with Crippen LogP contribution in [0.1, 0.15) is 12.5 Å². The van der Waals surface area contributed by atoms with E-state index in [0.29, 0.717) is 12.0 Å². The van der Waals surface area contributed by atoms with E-state index in [-0.39, 0.29) is 0 Å². The number of nitrogens with two attached hydrogens (primary N) is 1. The summed E-state index contributed by atoms with van der Waals surface area (Å²) in [6.45, 7) is 5.11. The fraction of sp³-hybridized carbons (Fsp3) is 0.462. The number of imidazole rings is 1. The fourth-order valence-electron chi connectivity index (χ4n) is 1.88. The Bertz CT molecular complexity index is 527. The zero-order chi connectivity index (χ0) is 12.6.